The molecule has 3 nitrogen and oxygen atoms in total. The number of fused-ring (bicyclic) bond motifs is 1. The lowest BCUT2D eigenvalue weighted by molar-refractivity contribution is 0.118. The first-order valence-corrected chi connectivity index (χ1v) is 7.10. The van der Waals surface area contributed by atoms with Crippen molar-refractivity contribution < 1.29 is 0 Å². The quantitative estimate of drug-likeness (QED) is 0.806. The monoisotopic (exact) mass is 257 g/mol. The highest BCUT2D eigenvalue weighted by Gasteiger charge is 2.26. The fourth-order valence-electron chi connectivity index (χ4n) is 3.19. The first-order valence-electron chi connectivity index (χ1n) is 7.10. The lowest BCUT2D eigenvalue weighted by Gasteiger charge is -2.18. The van der Waals surface area contributed by atoms with Crippen molar-refractivity contribution in [3.8, 4) is 0 Å². The Balaban J connectivity index is 1.96. The van der Waals surface area contributed by atoms with Gasteiger partial charge in [-0.25, -0.2) is 5.01 Å². The molecule has 3 rings (SSSR count). The number of benzene rings is 1. The van der Waals surface area contributed by atoms with Crippen molar-refractivity contribution in [2.24, 2.45) is 0 Å². The van der Waals surface area contributed by atoms with Crippen LogP contribution in [0.25, 0.3) is 5.57 Å². The Bertz CT molecular complexity index is 521. The second kappa shape index (κ2) is 4.57. The van der Waals surface area contributed by atoms with Gasteiger partial charge in [-0.15, -0.1) is 0 Å². The molecule has 1 unspecified atom stereocenters. The van der Waals surface area contributed by atoms with E-state index in [1.807, 2.05) is 0 Å². The van der Waals surface area contributed by atoms with Crippen LogP contribution in [0.1, 0.15) is 30.4 Å². The Kier molecular flexibility index (Phi) is 3.02. The highest BCUT2D eigenvalue weighted by atomic mass is 15.6. The number of hydrazine groups is 1. The van der Waals surface area contributed by atoms with E-state index in [2.05, 4.69) is 67.4 Å². The molecule has 2 aliphatic rings. The van der Waals surface area contributed by atoms with Crippen LogP contribution in [0.5, 0.6) is 0 Å². The van der Waals surface area contributed by atoms with E-state index < -0.39 is 0 Å². The van der Waals surface area contributed by atoms with Crippen LogP contribution in [-0.4, -0.2) is 44.3 Å². The van der Waals surface area contributed by atoms with Gasteiger partial charge in [0.25, 0.3) is 0 Å². The molecule has 2 aliphatic heterocycles. The minimum absolute atomic E-state index is 0.692. The molecule has 0 radical (unpaired) electrons. The Labute approximate surface area is 116 Å². The van der Waals surface area contributed by atoms with Crippen LogP contribution in [0, 0.1) is 0 Å². The predicted molar refractivity (Wildman–Crippen MR) is 81.1 cm³/mol. The van der Waals surface area contributed by atoms with Gasteiger partial charge >= 0.3 is 0 Å². The van der Waals surface area contributed by atoms with Crippen molar-refractivity contribution in [1.29, 1.82) is 0 Å². The highest BCUT2D eigenvalue weighted by Crippen LogP contribution is 2.39. The molecule has 1 aromatic carbocycles. The van der Waals surface area contributed by atoms with Gasteiger partial charge < -0.3 is 9.91 Å². The average molecular weight is 257 g/mol. The summed E-state index contributed by atoms with van der Waals surface area (Å²) in [6, 6.07) is 6.97. The number of nitrogens with zero attached hydrogens (tertiary/aromatic N) is 3. The molecule has 2 heterocycles. The van der Waals surface area contributed by atoms with E-state index in [4.69, 9.17) is 0 Å². The van der Waals surface area contributed by atoms with Crippen molar-refractivity contribution in [2.75, 3.05) is 39.1 Å². The minimum Gasteiger partial charge on any atom is -0.374 e. The van der Waals surface area contributed by atoms with E-state index in [0.29, 0.717) is 5.92 Å². The van der Waals surface area contributed by atoms with Crippen LogP contribution in [0.3, 0.4) is 0 Å². The number of hydrogen-bond acceptors (Lipinski definition) is 3. The molecule has 0 saturated heterocycles. The Morgan fingerprint density at radius 3 is 2.63 bits per heavy atom. The van der Waals surface area contributed by atoms with Crippen molar-refractivity contribution in [3.63, 3.8) is 0 Å². The van der Waals surface area contributed by atoms with E-state index in [1.54, 1.807) is 0 Å². The van der Waals surface area contributed by atoms with E-state index in [1.165, 1.54) is 28.8 Å². The number of likely N-dealkylation sites (N-methyl/N-ethyl adjacent to an activating group) is 2. The summed E-state index contributed by atoms with van der Waals surface area (Å²) in [5.74, 6) is 0.692. The molecule has 1 aromatic rings. The van der Waals surface area contributed by atoms with Crippen molar-refractivity contribution in [2.45, 2.75) is 19.3 Å². The van der Waals surface area contributed by atoms with Crippen LogP contribution in [-0.2, 0) is 0 Å². The molecule has 0 fully saturated rings. The molecule has 0 bridgehead atoms. The lowest BCUT2D eigenvalue weighted by atomic mass is 9.95. The van der Waals surface area contributed by atoms with Gasteiger partial charge in [0.1, 0.15) is 0 Å². The zero-order chi connectivity index (χ0) is 13.6. The Morgan fingerprint density at radius 2 is 2.00 bits per heavy atom. The zero-order valence-corrected chi connectivity index (χ0v) is 12.3. The molecule has 0 amide bonds. The van der Waals surface area contributed by atoms with Crippen molar-refractivity contribution >= 4 is 11.3 Å². The molecule has 19 heavy (non-hydrogen) atoms. The van der Waals surface area contributed by atoms with E-state index in [9.17, 15) is 0 Å². The van der Waals surface area contributed by atoms with E-state index in [-0.39, 0.29) is 0 Å². The summed E-state index contributed by atoms with van der Waals surface area (Å²) >= 11 is 0. The summed E-state index contributed by atoms with van der Waals surface area (Å²) in [6.45, 7) is 4.45. The topological polar surface area (TPSA) is 9.72 Å². The molecular formula is C16H23N3. The minimum atomic E-state index is 0.692. The standard InChI is InChI=1S/C16H23N3/c1-5-12-9-17(2)16-7-6-13(8-15(12)16)14-10-18(3)19(4)11-14/h6-8,10,12H,5,9,11H2,1-4H3. The summed E-state index contributed by atoms with van der Waals surface area (Å²) in [6.07, 6.45) is 3.46. The maximum absolute atomic E-state index is 2.41. The van der Waals surface area contributed by atoms with E-state index >= 15 is 0 Å². The fraction of sp³-hybridized carbons (Fsp3) is 0.500. The van der Waals surface area contributed by atoms with Crippen LogP contribution in [0.4, 0.5) is 5.69 Å². The van der Waals surface area contributed by atoms with E-state index in [0.717, 1.165) is 13.1 Å². The second-order valence-electron chi connectivity index (χ2n) is 5.80. The summed E-state index contributed by atoms with van der Waals surface area (Å²) in [5, 5.41) is 4.39. The van der Waals surface area contributed by atoms with Crippen LogP contribution >= 0.6 is 0 Å². The normalized spacial score (nSPS) is 22.9. The van der Waals surface area contributed by atoms with Gasteiger partial charge in [-0.2, -0.15) is 0 Å². The summed E-state index contributed by atoms with van der Waals surface area (Å²) < 4.78 is 0. The van der Waals surface area contributed by atoms with Crippen molar-refractivity contribution in [3.05, 3.63) is 35.5 Å². The van der Waals surface area contributed by atoms with Gasteiger partial charge in [-0.1, -0.05) is 13.0 Å². The lowest BCUT2D eigenvalue weighted by Crippen LogP contribution is -2.27. The molecule has 0 spiro atoms. The SMILES string of the molecule is CCC1CN(C)c2ccc(C3=CN(C)N(C)C3)cc21. The van der Waals surface area contributed by atoms with Gasteiger partial charge in [0.05, 0.1) is 0 Å². The van der Waals surface area contributed by atoms with Crippen LogP contribution in [0.15, 0.2) is 24.4 Å². The molecule has 0 aromatic heterocycles. The number of rotatable bonds is 2. The average Bonchev–Trinajstić information content (AvgIpc) is 2.91. The van der Waals surface area contributed by atoms with Gasteiger partial charge in [0, 0.05) is 52.0 Å². The molecule has 0 N–H and O–H groups in total. The first-order chi connectivity index (χ1) is 9.10. The summed E-state index contributed by atoms with van der Waals surface area (Å²) in [7, 11) is 6.42. The smallest absolute Gasteiger partial charge is 0.0449 e. The predicted octanol–water partition coefficient (Wildman–Crippen LogP) is 2.76. The maximum Gasteiger partial charge on any atom is 0.0449 e. The highest BCUT2D eigenvalue weighted by molar-refractivity contribution is 5.72. The zero-order valence-electron chi connectivity index (χ0n) is 12.3. The van der Waals surface area contributed by atoms with Crippen LogP contribution in [0.2, 0.25) is 0 Å². The Morgan fingerprint density at radius 1 is 1.21 bits per heavy atom. The largest absolute Gasteiger partial charge is 0.374 e. The maximum atomic E-state index is 2.41. The molecular weight excluding hydrogens is 234 g/mol. The third kappa shape index (κ3) is 2.02. The third-order valence-electron chi connectivity index (χ3n) is 4.52. The second-order valence-corrected chi connectivity index (χ2v) is 5.80. The molecule has 3 heteroatoms. The summed E-state index contributed by atoms with van der Waals surface area (Å²) in [5.41, 5.74) is 5.73. The molecule has 0 aliphatic carbocycles. The number of anilines is 1. The van der Waals surface area contributed by atoms with Crippen LogP contribution < -0.4 is 4.90 Å². The molecule has 0 saturated carbocycles. The fourth-order valence-corrected chi connectivity index (χ4v) is 3.19. The van der Waals surface area contributed by atoms with Gasteiger partial charge in [0.2, 0.25) is 0 Å². The van der Waals surface area contributed by atoms with Crippen molar-refractivity contribution in [1.82, 2.24) is 10.0 Å². The molecule has 1 atom stereocenters. The molecule has 102 valence electrons. The number of hydrogen-bond donors (Lipinski definition) is 0. The first kappa shape index (κ1) is 12.5. The van der Waals surface area contributed by atoms with Gasteiger partial charge in [-0.3, -0.25) is 0 Å². The third-order valence-corrected chi connectivity index (χ3v) is 4.52. The Hall–Kier alpha value is -1.48. The van der Waals surface area contributed by atoms with Gasteiger partial charge in [-0.05, 0) is 35.3 Å². The van der Waals surface area contributed by atoms with Gasteiger partial charge in [0.15, 0.2) is 0 Å². The summed E-state index contributed by atoms with van der Waals surface area (Å²) in [4.78, 5) is 2.38.